The summed E-state index contributed by atoms with van der Waals surface area (Å²) < 4.78 is 45.1. The van der Waals surface area contributed by atoms with Crippen molar-refractivity contribution in [2.75, 3.05) is 0 Å². The minimum atomic E-state index is -4.39. The van der Waals surface area contributed by atoms with Crippen molar-refractivity contribution in [3.63, 3.8) is 0 Å². The van der Waals surface area contributed by atoms with Crippen molar-refractivity contribution in [2.24, 2.45) is 0 Å². The highest BCUT2D eigenvalue weighted by molar-refractivity contribution is 5.94. The van der Waals surface area contributed by atoms with Crippen LogP contribution in [0.3, 0.4) is 0 Å². The van der Waals surface area contributed by atoms with E-state index in [1.807, 2.05) is 6.92 Å². The highest BCUT2D eigenvalue weighted by atomic mass is 19.4. The molecule has 0 unspecified atom stereocenters. The first-order valence-electron chi connectivity index (χ1n) is 9.62. The van der Waals surface area contributed by atoms with Crippen molar-refractivity contribution in [3.05, 3.63) is 82.9 Å². The molecule has 2 heterocycles. The van der Waals surface area contributed by atoms with Crippen LogP contribution in [0.1, 0.15) is 33.1 Å². The summed E-state index contributed by atoms with van der Waals surface area (Å²) >= 11 is 0. The number of hydrogen-bond donors (Lipinski definition) is 1. The van der Waals surface area contributed by atoms with Gasteiger partial charge in [-0.05, 0) is 48.9 Å². The normalized spacial score (nSPS) is 11.5. The Hall–Kier alpha value is -3.95. The molecule has 0 saturated carbocycles. The van der Waals surface area contributed by atoms with E-state index in [1.165, 1.54) is 12.1 Å². The molecule has 0 spiro atoms. The molecule has 4 aromatic rings. The first kappa shape index (κ1) is 21.3. The summed E-state index contributed by atoms with van der Waals surface area (Å²) in [7, 11) is 0. The van der Waals surface area contributed by atoms with Gasteiger partial charge in [-0.2, -0.15) is 18.3 Å². The molecule has 0 bridgehead atoms. The number of carbonyl (C=O) groups excluding carboxylic acids is 1. The van der Waals surface area contributed by atoms with Crippen molar-refractivity contribution in [3.8, 4) is 17.3 Å². The third-order valence-electron chi connectivity index (χ3n) is 4.72. The lowest BCUT2D eigenvalue weighted by molar-refractivity contribution is -0.137. The van der Waals surface area contributed by atoms with Gasteiger partial charge in [0.25, 0.3) is 11.8 Å². The second-order valence-corrected chi connectivity index (χ2v) is 7.14. The zero-order valence-electron chi connectivity index (χ0n) is 17.1. The fourth-order valence-corrected chi connectivity index (χ4v) is 3.12. The van der Waals surface area contributed by atoms with E-state index in [0.29, 0.717) is 34.3 Å². The van der Waals surface area contributed by atoms with Crippen LogP contribution in [0.2, 0.25) is 0 Å². The number of benzene rings is 2. The topological polar surface area (TPSA) is 85.8 Å². The Kier molecular flexibility index (Phi) is 5.52. The maximum atomic E-state index is 12.7. The van der Waals surface area contributed by atoms with Crippen LogP contribution < -0.4 is 5.32 Å². The van der Waals surface area contributed by atoms with E-state index in [9.17, 15) is 18.0 Å². The minimum Gasteiger partial charge on any atom is -0.420 e. The van der Waals surface area contributed by atoms with Gasteiger partial charge in [-0.15, -0.1) is 10.2 Å². The second kappa shape index (κ2) is 8.29. The third-order valence-corrected chi connectivity index (χ3v) is 4.72. The molecule has 4 rings (SSSR count). The van der Waals surface area contributed by atoms with Gasteiger partial charge in [-0.3, -0.25) is 4.79 Å². The maximum absolute atomic E-state index is 12.7. The SMILES string of the molecule is Cc1nnc(-c2cc(C)n(-c3cccc(C(=O)NCc4ccc(C(F)(F)F)cc4)c3)n2)o1. The lowest BCUT2D eigenvalue weighted by Gasteiger charge is -2.10. The molecule has 0 saturated heterocycles. The van der Waals surface area contributed by atoms with Crippen molar-refractivity contribution >= 4 is 5.91 Å². The van der Waals surface area contributed by atoms with Crippen molar-refractivity contribution in [1.82, 2.24) is 25.3 Å². The van der Waals surface area contributed by atoms with Gasteiger partial charge in [0.1, 0.15) is 5.69 Å². The predicted octanol–water partition coefficient (Wildman–Crippen LogP) is 4.49. The van der Waals surface area contributed by atoms with Crippen LogP contribution in [-0.2, 0) is 12.7 Å². The van der Waals surface area contributed by atoms with Crippen LogP contribution in [-0.4, -0.2) is 25.9 Å². The number of amides is 1. The van der Waals surface area contributed by atoms with E-state index in [2.05, 4.69) is 20.6 Å². The Morgan fingerprint density at radius 1 is 1.06 bits per heavy atom. The number of aromatic nitrogens is 4. The van der Waals surface area contributed by atoms with Gasteiger partial charge in [0.05, 0.1) is 11.3 Å². The van der Waals surface area contributed by atoms with E-state index in [1.54, 1.807) is 41.9 Å². The van der Waals surface area contributed by atoms with Crippen molar-refractivity contribution in [1.29, 1.82) is 0 Å². The average molecular weight is 441 g/mol. The molecule has 10 heteroatoms. The molecule has 1 N–H and O–H groups in total. The number of alkyl halides is 3. The molecule has 0 aliphatic rings. The molecule has 0 aliphatic carbocycles. The largest absolute Gasteiger partial charge is 0.420 e. The molecule has 0 radical (unpaired) electrons. The Bertz CT molecular complexity index is 1260. The fraction of sp³-hybridized carbons (Fsp3) is 0.182. The molecule has 2 aromatic heterocycles. The summed E-state index contributed by atoms with van der Waals surface area (Å²) in [5.74, 6) is 0.373. The van der Waals surface area contributed by atoms with Gasteiger partial charge in [-0.1, -0.05) is 18.2 Å². The number of nitrogens with one attached hydrogen (secondary N) is 1. The van der Waals surface area contributed by atoms with Crippen LogP contribution >= 0.6 is 0 Å². The lowest BCUT2D eigenvalue weighted by Crippen LogP contribution is -2.23. The minimum absolute atomic E-state index is 0.0999. The maximum Gasteiger partial charge on any atom is 0.416 e. The zero-order valence-corrected chi connectivity index (χ0v) is 17.1. The summed E-state index contributed by atoms with van der Waals surface area (Å²) in [4.78, 5) is 12.6. The quantitative estimate of drug-likeness (QED) is 0.493. The summed E-state index contributed by atoms with van der Waals surface area (Å²) in [5, 5.41) is 15.0. The molecular formula is C22H18F3N5O2. The van der Waals surface area contributed by atoms with Crippen LogP contribution in [0, 0.1) is 13.8 Å². The molecule has 1 amide bonds. The zero-order chi connectivity index (χ0) is 22.9. The van der Waals surface area contributed by atoms with Crippen LogP contribution in [0.15, 0.2) is 59.0 Å². The lowest BCUT2D eigenvalue weighted by atomic mass is 10.1. The molecular weight excluding hydrogens is 423 g/mol. The average Bonchev–Trinajstić information content (AvgIpc) is 3.37. The van der Waals surface area contributed by atoms with E-state index in [0.717, 1.165) is 17.8 Å². The van der Waals surface area contributed by atoms with E-state index >= 15 is 0 Å². The smallest absolute Gasteiger partial charge is 0.416 e. The summed E-state index contributed by atoms with van der Waals surface area (Å²) in [6.07, 6.45) is -4.39. The van der Waals surface area contributed by atoms with Crippen LogP contribution in [0.5, 0.6) is 0 Å². The standard InChI is InChI=1S/C22H18F3N5O2/c1-13-10-19(21-28-27-14(2)32-21)29-30(13)18-5-3-4-16(11-18)20(31)26-12-15-6-8-17(9-7-15)22(23,24)25/h3-11H,12H2,1-2H3,(H,26,31). The monoisotopic (exact) mass is 441 g/mol. The Balaban J connectivity index is 1.48. The second-order valence-electron chi connectivity index (χ2n) is 7.14. The first-order valence-corrected chi connectivity index (χ1v) is 9.62. The molecule has 0 fully saturated rings. The Morgan fingerprint density at radius 2 is 1.81 bits per heavy atom. The molecule has 2 aromatic carbocycles. The van der Waals surface area contributed by atoms with Gasteiger partial charge < -0.3 is 9.73 Å². The highest BCUT2D eigenvalue weighted by Crippen LogP contribution is 2.29. The van der Waals surface area contributed by atoms with E-state index in [-0.39, 0.29) is 12.5 Å². The molecule has 164 valence electrons. The Morgan fingerprint density at radius 3 is 2.47 bits per heavy atom. The molecule has 0 aliphatic heterocycles. The summed E-state index contributed by atoms with van der Waals surface area (Å²) in [6.45, 7) is 3.65. The van der Waals surface area contributed by atoms with Crippen molar-refractivity contribution < 1.29 is 22.4 Å². The van der Waals surface area contributed by atoms with Gasteiger partial charge in [0.2, 0.25) is 5.89 Å². The number of carbonyl (C=O) groups is 1. The third kappa shape index (κ3) is 4.53. The number of nitrogens with zero attached hydrogens (tertiary/aromatic N) is 4. The number of halogens is 3. The van der Waals surface area contributed by atoms with Crippen LogP contribution in [0.4, 0.5) is 13.2 Å². The van der Waals surface area contributed by atoms with Gasteiger partial charge in [-0.25, -0.2) is 4.68 Å². The molecule has 32 heavy (non-hydrogen) atoms. The number of rotatable bonds is 5. The Labute approximate surface area is 180 Å². The number of aryl methyl sites for hydroxylation is 2. The van der Waals surface area contributed by atoms with E-state index in [4.69, 9.17) is 4.42 Å². The fourth-order valence-electron chi connectivity index (χ4n) is 3.12. The number of hydrogen-bond acceptors (Lipinski definition) is 5. The van der Waals surface area contributed by atoms with Crippen LogP contribution in [0.25, 0.3) is 17.3 Å². The summed E-state index contributed by atoms with van der Waals surface area (Å²) in [6, 6.07) is 13.3. The predicted molar refractivity (Wildman–Crippen MR) is 109 cm³/mol. The molecule has 0 atom stereocenters. The van der Waals surface area contributed by atoms with Gasteiger partial charge in [0.15, 0.2) is 0 Å². The highest BCUT2D eigenvalue weighted by Gasteiger charge is 2.29. The molecule has 7 nitrogen and oxygen atoms in total. The first-order chi connectivity index (χ1) is 15.2. The summed E-state index contributed by atoms with van der Waals surface area (Å²) in [5.41, 5.74) is 2.19. The van der Waals surface area contributed by atoms with Gasteiger partial charge >= 0.3 is 6.18 Å². The van der Waals surface area contributed by atoms with E-state index < -0.39 is 11.7 Å². The van der Waals surface area contributed by atoms with Crippen molar-refractivity contribution in [2.45, 2.75) is 26.6 Å². The van der Waals surface area contributed by atoms with Gasteiger partial charge in [0, 0.05) is 24.7 Å².